The summed E-state index contributed by atoms with van der Waals surface area (Å²) in [6.45, 7) is 7.17. The van der Waals surface area contributed by atoms with Gasteiger partial charge in [-0.15, -0.1) is 11.3 Å². The van der Waals surface area contributed by atoms with Crippen LogP contribution >= 0.6 is 23.1 Å². The van der Waals surface area contributed by atoms with Crippen molar-refractivity contribution in [1.82, 2.24) is 10.3 Å². The molecule has 1 amide bonds. The summed E-state index contributed by atoms with van der Waals surface area (Å²) in [6.07, 6.45) is 3.24. The van der Waals surface area contributed by atoms with Crippen molar-refractivity contribution in [3.05, 3.63) is 11.1 Å². The van der Waals surface area contributed by atoms with Crippen molar-refractivity contribution in [3.8, 4) is 0 Å². The minimum absolute atomic E-state index is 0.0465. The predicted octanol–water partition coefficient (Wildman–Crippen LogP) is 2.75. The highest BCUT2D eigenvalue weighted by molar-refractivity contribution is 7.98. The zero-order valence-electron chi connectivity index (χ0n) is 12.1. The summed E-state index contributed by atoms with van der Waals surface area (Å²) in [6, 6.07) is 0.523. The second-order valence-corrected chi connectivity index (χ2v) is 6.07. The van der Waals surface area contributed by atoms with Gasteiger partial charge in [0.1, 0.15) is 0 Å². The molecule has 1 N–H and O–H groups in total. The highest BCUT2D eigenvalue weighted by Gasteiger charge is 2.13. The molecule has 1 unspecified atom stereocenters. The largest absolute Gasteiger partial charge is 0.308 e. The first-order valence-electron chi connectivity index (χ1n) is 6.57. The van der Waals surface area contributed by atoms with E-state index in [1.54, 1.807) is 11.8 Å². The molecule has 108 valence electrons. The maximum atomic E-state index is 11.5. The molecular weight excluding hydrogens is 278 g/mol. The van der Waals surface area contributed by atoms with Crippen LogP contribution in [0, 0.1) is 0 Å². The molecule has 0 aliphatic rings. The first-order valence-corrected chi connectivity index (χ1v) is 8.84. The molecule has 0 saturated carbocycles. The van der Waals surface area contributed by atoms with Gasteiger partial charge in [-0.1, -0.05) is 6.92 Å². The molecule has 0 radical (unpaired) electrons. The molecule has 0 saturated heterocycles. The normalized spacial score (nSPS) is 12.4. The summed E-state index contributed by atoms with van der Waals surface area (Å²) in [5, 5.41) is 6.33. The van der Waals surface area contributed by atoms with Crippen molar-refractivity contribution in [1.29, 1.82) is 0 Å². The SMILES string of the molecule is CCC(CSC)NCc1csc(N(CC)C(C)=O)n1. The van der Waals surface area contributed by atoms with Crippen LogP contribution < -0.4 is 10.2 Å². The van der Waals surface area contributed by atoms with Crippen molar-refractivity contribution in [3.63, 3.8) is 0 Å². The molecule has 0 aliphatic carbocycles. The Bertz CT molecular complexity index is 395. The molecule has 0 aromatic carbocycles. The number of hydrogen-bond donors (Lipinski definition) is 1. The van der Waals surface area contributed by atoms with Crippen molar-refractivity contribution in [2.24, 2.45) is 0 Å². The molecule has 0 aliphatic heterocycles. The summed E-state index contributed by atoms with van der Waals surface area (Å²) in [4.78, 5) is 17.7. The molecule has 1 rings (SSSR count). The third-order valence-corrected chi connectivity index (χ3v) is 4.55. The number of nitrogens with one attached hydrogen (secondary N) is 1. The third-order valence-electron chi connectivity index (χ3n) is 2.90. The number of amides is 1. The van der Waals surface area contributed by atoms with Crippen LogP contribution in [-0.2, 0) is 11.3 Å². The number of carbonyl (C=O) groups excluding carboxylic acids is 1. The second-order valence-electron chi connectivity index (χ2n) is 4.33. The van der Waals surface area contributed by atoms with E-state index in [2.05, 4.69) is 23.5 Å². The summed E-state index contributed by atoms with van der Waals surface area (Å²) < 4.78 is 0. The molecule has 6 heteroatoms. The minimum atomic E-state index is 0.0465. The van der Waals surface area contributed by atoms with Crippen LogP contribution in [0.25, 0.3) is 0 Å². The number of carbonyl (C=O) groups is 1. The number of aromatic nitrogens is 1. The highest BCUT2D eigenvalue weighted by Crippen LogP contribution is 2.20. The lowest BCUT2D eigenvalue weighted by Crippen LogP contribution is -2.30. The third kappa shape index (κ3) is 5.12. The van der Waals surface area contributed by atoms with E-state index in [9.17, 15) is 4.79 Å². The second kappa shape index (κ2) is 8.55. The Balaban J connectivity index is 2.57. The molecule has 1 atom stereocenters. The van der Waals surface area contributed by atoms with E-state index in [1.165, 1.54) is 11.3 Å². The van der Waals surface area contributed by atoms with Crippen LogP contribution in [0.5, 0.6) is 0 Å². The van der Waals surface area contributed by atoms with E-state index in [0.29, 0.717) is 12.6 Å². The first-order chi connectivity index (χ1) is 9.12. The van der Waals surface area contributed by atoms with Crippen molar-refractivity contribution >= 4 is 34.1 Å². The van der Waals surface area contributed by atoms with Gasteiger partial charge in [0.2, 0.25) is 5.91 Å². The maximum absolute atomic E-state index is 11.5. The highest BCUT2D eigenvalue weighted by atomic mass is 32.2. The summed E-state index contributed by atoms with van der Waals surface area (Å²) in [7, 11) is 0. The molecular formula is C13H23N3OS2. The molecule has 0 spiro atoms. The molecule has 1 heterocycles. The van der Waals surface area contributed by atoms with Crippen LogP contribution in [0.2, 0.25) is 0 Å². The standard InChI is InChI=1S/C13H23N3OS2/c1-5-11(8-18-4)14-7-12-9-19-13(15-12)16(6-2)10(3)17/h9,11,14H,5-8H2,1-4H3. The number of rotatable bonds is 8. The Morgan fingerprint density at radius 3 is 2.84 bits per heavy atom. The Labute approximate surface area is 124 Å². The summed E-state index contributed by atoms with van der Waals surface area (Å²) in [5.41, 5.74) is 1.01. The summed E-state index contributed by atoms with van der Waals surface area (Å²) >= 11 is 3.39. The fraction of sp³-hybridized carbons (Fsp3) is 0.692. The molecule has 1 aromatic heterocycles. The monoisotopic (exact) mass is 301 g/mol. The zero-order valence-corrected chi connectivity index (χ0v) is 13.7. The first kappa shape index (κ1) is 16.5. The number of hydrogen-bond acceptors (Lipinski definition) is 5. The van der Waals surface area contributed by atoms with Crippen LogP contribution in [0.15, 0.2) is 5.38 Å². The maximum Gasteiger partial charge on any atom is 0.225 e. The van der Waals surface area contributed by atoms with Crippen LogP contribution in [-0.4, -0.2) is 35.5 Å². The van der Waals surface area contributed by atoms with Crippen molar-refractivity contribution in [2.75, 3.05) is 23.5 Å². The van der Waals surface area contributed by atoms with Gasteiger partial charge in [0.25, 0.3) is 0 Å². The number of thiazole rings is 1. The van der Waals surface area contributed by atoms with Gasteiger partial charge in [-0.3, -0.25) is 9.69 Å². The van der Waals surface area contributed by atoms with E-state index in [1.807, 2.05) is 24.1 Å². The van der Waals surface area contributed by atoms with E-state index in [0.717, 1.165) is 29.5 Å². The molecule has 4 nitrogen and oxygen atoms in total. The van der Waals surface area contributed by atoms with Gasteiger partial charge in [-0.05, 0) is 19.6 Å². The average molecular weight is 301 g/mol. The fourth-order valence-electron chi connectivity index (χ4n) is 1.77. The van der Waals surface area contributed by atoms with Crippen LogP contribution in [0.3, 0.4) is 0 Å². The lowest BCUT2D eigenvalue weighted by Gasteiger charge is -2.15. The van der Waals surface area contributed by atoms with Gasteiger partial charge in [0.05, 0.1) is 5.69 Å². The van der Waals surface area contributed by atoms with Crippen LogP contribution in [0.4, 0.5) is 5.13 Å². The van der Waals surface area contributed by atoms with Gasteiger partial charge in [-0.2, -0.15) is 11.8 Å². The number of anilines is 1. The lowest BCUT2D eigenvalue weighted by molar-refractivity contribution is -0.116. The molecule has 0 fully saturated rings. The topological polar surface area (TPSA) is 45.2 Å². The number of nitrogens with zero attached hydrogens (tertiary/aromatic N) is 2. The minimum Gasteiger partial charge on any atom is -0.308 e. The van der Waals surface area contributed by atoms with Crippen LogP contribution in [0.1, 0.15) is 32.9 Å². The van der Waals surface area contributed by atoms with Gasteiger partial charge >= 0.3 is 0 Å². The van der Waals surface area contributed by atoms with Crippen molar-refractivity contribution in [2.45, 2.75) is 39.8 Å². The van der Waals surface area contributed by atoms with Gasteiger partial charge in [0, 0.05) is 37.2 Å². The van der Waals surface area contributed by atoms with E-state index in [-0.39, 0.29) is 5.91 Å². The summed E-state index contributed by atoms with van der Waals surface area (Å²) in [5.74, 6) is 1.16. The fourth-order valence-corrected chi connectivity index (χ4v) is 3.45. The Morgan fingerprint density at radius 2 is 2.32 bits per heavy atom. The molecule has 19 heavy (non-hydrogen) atoms. The zero-order chi connectivity index (χ0) is 14.3. The van der Waals surface area contributed by atoms with Gasteiger partial charge < -0.3 is 5.32 Å². The van der Waals surface area contributed by atoms with E-state index >= 15 is 0 Å². The van der Waals surface area contributed by atoms with E-state index in [4.69, 9.17) is 0 Å². The van der Waals surface area contributed by atoms with Gasteiger partial charge in [0.15, 0.2) is 5.13 Å². The Morgan fingerprint density at radius 1 is 1.58 bits per heavy atom. The number of thioether (sulfide) groups is 1. The average Bonchev–Trinajstić information content (AvgIpc) is 2.83. The predicted molar refractivity (Wildman–Crippen MR) is 85.1 cm³/mol. The smallest absolute Gasteiger partial charge is 0.225 e. The van der Waals surface area contributed by atoms with Crippen molar-refractivity contribution < 1.29 is 4.79 Å². The lowest BCUT2D eigenvalue weighted by atomic mass is 10.2. The van der Waals surface area contributed by atoms with E-state index < -0.39 is 0 Å². The van der Waals surface area contributed by atoms with Gasteiger partial charge in [-0.25, -0.2) is 4.98 Å². The Hall–Kier alpha value is -0.590. The molecule has 0 bridgehead atoms. The molecule has 1 aromatic rings. The quantitative estimate of drug-likeness (QED) is 0.802. The Kier molecular flexibility index (Phi) is 7.41.